The molecule has 0 spiro atoms. The van der Waals surface area contributed by atoms with Gasteiger partial charge in [-0.3, -0.25) is 19.5 Å². The number of aromatic nitrogens is 3. The van der Waals surface area contributed by atoms with Crippen LogP contribution in [0.1, 0.15) is 19.5 Å². The number of hydrogen-bond acceptors (Lipinski definition) is 9. The van der Waals surface area contributed by atoms with Crippen LogP contribution in [0.15, 0.2) is 46.1 Å². The van der Waals surface area contributed by atoms with E-state index in [-0.39, 0.29) is 22.8 Å². The van der Waals surface area contributed by atoms with Crippen molar-refractivity contribution in [2.75, 3.05) is 13.2 Å². The van der Waals surface area contributed by atoms with E-state index >= 15 is 0 Å². The molecule has 0 radical (unpaired) electrons. The molecule has 0 aliphatic carbocycles. The van der Waals surface area contributed by atoms with E-state index in [9.17, 15) is 37.7 Å². The van der Waals surface area contributed by atoms with Gasteiger partial charge in [-0.2, -0.15) is 0 Å². The quantitative estimate of drug-likeness (QED) is 0.234. The van der Waals surface area contributed by atoms with E-state index in [2.05, 4.69) is 4.98 Å². The number of carbonyl (C=O) groups excluding carboxylic acids is 1. The number of carbonyl (C=O) groups is 1. The maximum absolute atomic E-state index is 14.9. The number of hydrogen-bond donors (Lipinski definition) is 0. The van der Waals surface area contributed by atoms with Crippen LogP contribution in [0.25, 0.3) is 5.69 Å². The highest BCUT2D eigenvalue weighted by molar-refractivity contribution is 5.71. The Balaban J connectivity index is 2.13. The highest BCUT2D eigenvalue weighted by Crippen LogP contribution is 2.37. The third-order valence-corrected chi connectivity index (χ3v) is 4.82. The number of esters is 1. The molecule has 0 fully saturated rings. The van der Waals surface area contributed by atoms with E-state index in [0.717, 1.165) is 7.05 Å². The first-order valence-electron chi connectivity index (χ1n) is 10.5. The number of nitrogens with zero attached hydrogens (tertiary/aromatic N) is 4. The third-order valence-electron chi connectivity index (χ3n) is 4.82. The Bertz CT molecular complexity index is 1480. The number of nitro benzene ring substituents is 1. The maximum Gasteiger partial charge on any atom is 0.344 e. The zero-order valence-corrected chi connectivity index (χ0v) is 19.6. The number of nitro groups is 1. The van der Waals surface area contributed by atoms with Crippen LogP contribution in [0.4, 0.5) is 18.9 Å². The van der Waals surface area contributed by atoms with Crippen LogP contribution < -0.4 is 20.7 Å². The molecule has 0 bridgehead atoms. The Hall–Kier alpha value is -4.69. The molecule has 0 aliphatic rings. The van der Waals surface area contributed by atoms with Crippen LogP contribution in [0.2, 0.25) is 0 Å². The molecule has 37 heavy (non-hydrogen) atoms. The van der Waals surface area contributed by atoms with E-state index in [0.29, 0.717) is 29.7 Å². The summed E-state index contributed by atoms with van der Waals surface area (Å²) in [7, 11) is 0.953. The molecule has 15 heteroatoms. The lowest BCUT2D eigenvalue weighted by Gasteiger charge is -2.17. The molecule has 1 aromatic carbocycles. The molecular weight excluding hydrogens is 505 g/mol. The second-order valence-corrected chi connectivity index (χ2v) is 7.46. The predicted octanol–water partition coefficient (Wildman–Crippen LogP) is 2.82. The normalized spacial score (nSPS) is 11.2. The first-order chi connectivity index (χ1) is 17.3. The van der Waals surface area contributed by atoms with Crippen molar-refractivity contribution in [1.29, 1.82) is 0 Å². The third kappa shape index (κ3) is 5.76. The number of benzene rings is 1. The van der Waals surface area contributed by atoms with Crippen molar-refractivity contribution < 1.29 is 37.1 Å². The lowest BCUT2D eigenvalue weighted by atomic mass is 10.2. The number of alkyl halides is 2. The minimum absolute atomic E-state index is 0.0913. The van der Waals surface area contributed by atoms with Gasteiger partial charge in [0.2, 0.25) is 5.75 Å². The van der Waals surface area contributed by atoms with Crippen LogP contribution >= 0.6 is 0 Å². The van der Waals surface area contributed by atoms with Gasteiger partial charge in [0.05, 0.1) is 29.0 Å². The van der Waals surface area contributed by atoms with Crippen molar-refractivity contribution in [3.05, 3.63) is 79.0 Å². The van der Waals surface area contributed by atoms with Crippen LogP contribution in [0, 0.1) is 15.9 Å². The molecule has 0 N–H and O–H groups in total. The average Bonchev–Trinajstić information content (AvgIpc) is 2.82. The van der Waals surface area contributed by atoms with Crippen LogP contribution in [-0.4, -0.2) is 38.2 Å². The monoisotopic (exact) mass is 524 g/mol. The molecule has 3 rings (SSSR count). The Morgan fingerprint density at radius 3 is 2.54 bits per heavy atom. The molecule has 0 aliphatic heterocycles. The summed E-state index contributed by atoms with van der Waals surface area (Å²) in [5.74, 6) is -6.83. The van der Waals surface area contributed by atoms with Gasteiger partial charge in [0.15, 0.2) is 18.2 Å². The van der Waals surface area contributed by atoms with Gasteiger partial charge in [-0.25, -0.2) is 32.3 Å². The maximum atomic E-state index is 14.9. The molecule has 0 saturated carbocycles. The van der Waals surface area contributed by atoms with Crippen LogP contribution in [0.5, 0.6) is 17.4 Å². The van der Waals surface area contributed by atoms with Gasteiger partial charge < -0.3 is 14.2 Å². The fourth-order valence-electron chi connectivity index (χ4n) is 3.21. The molecule has 12 nitrogen and oxygen atoms in total. The minimum atomic E-state index is -3.56. The summed E-state index contributed by atoms with van der Waals surface area (Å²) in [6, 6.07) is 4.16. The molecular formula is C22H19F3N4O8. The first-order valence-corrected chi connectivity index (χ1v) is 10.5. The summed E-state index contributed by atoms with van der Waals surface area (Å²) in [6.07, 6.45) is 1.27. The number of halogens is 3. The zero-order valence-electron chi connectivity index (χ0n) is 19.6. The van der Waals surface area contributed by atoms with Gasteiger partial charge in [0, 0.05) is 32.3 Å². The second kappa shape index (κ2) is 10.5. The molecule has 2 heterocycles. The van der Waals surface area contributed by atoms with E-state index < -0.39 is 63.3 Å². The Morgan fingerprint density at radius 2 is 1.92 bits per heavy atom. The van der Waals surface area contributed by atoms with E-state index in [4.69, 9.17) is 14.2 Å². The van der Waals surface area contributed by atoms with E-state index in [1.165, 1.54) is 18.3 Å². The van der Waals surface area contributed by atoms with Crippen molar-refractivity contribution in [3.63, 3.8) is 0 Å². The lowest BCUT2D eigenvalue weighted by molar-refractivity contribution is -0.385. The van der Waals surface area contributed by atoms with Crippen LogP contribution in [0.3, 0.4) is 0 Å². The number of pyridine rings is 1. The molecule has 2 aromatic heterocycles. The Kier molecular flexibility index (Phi) is 7.64. The lowest BCUT2D eigenvalue weighted by Crippen LogP contribution is -2.41. The summed E-state index contributed by atoms with van der Waals surface area (Å²) in [5.41, 5.74) is -5.25. The van der Waals surface area contributed by atoms with E-state index in [1.807, 2.05) is 0 Å². The van der Waals surface area contributed by atoms with Gasteiger partial charge in [-0.05, 0) is 19.1 Å². The van der Waals surface area contributed by atoms with Crippen LogP contribution in [-0.2, 0) is 22.5 Å². The summed E-state index contributed by atoms with van der Waals surface area (Å²) in [6.45, 7) is 1.57. The highest BCUT2D eigenvalue weighted by atomic mass is 19.3. The van der Waals surface area contributed by atoms with Crippen molar-refractivity contribution in [1.82, 2.24) is 14.1 Å². The SMILES string of the molecule is CCOC(=O)COc1ncccc1Oc1cc(-n2c(=O)cc(C(C)(F)F)n(C)c2=O)c(F)cc1[N+](=O)[O-]. The Morgan fingerprint density at radius 1 is 1.22 bits per heavy atom. The predicted molar refractivity (Wildman–Crippen MR) is 120 cm³/mol. The summed E-state index contributed by atoms with van der Waals surface area (Å²) in [4.78, 5) is 51.3. The smallest absolute Gasteiger partial charge is 0.344 e. The highest BCUT2D eigenvalue weighted by Gasteiger charge is 2.31. The number of ether oxygens (including phenoxy) is 3. The van der Waals surface area contributed by atoms with Crippen molar-refractivity contribution in [2.24, 2.45) is 7.05 Å². The summed E-state index contributed by atoms with van der Waals surface area (Å²) in [5, 5.41) is 11.6. The fraction of sp³-hybridized carbons (Fsp3) is 0.273. The number of rotatable bonds is 9. The molecule has 0 saturated heterocycles. The minimum Gasteiger partial charge on any atom is -0.463 e. The van der Waals surface area contributed by atoms with Gasteiger partial charge in [0.1, 0.15) is 0 Å². The van der Waals surface area contributed by atoms with Crippen molar-refractivity contribution in [3.8, 4) is 23.1 Å². The molecule has 196 valence electrons. The summed E-state index contributed by atoms with van der Waals surface area (Å²) >= 11 is 0. The Labute approximate surface area is 205 Å². The standard InChI is InChI=1S/C22H19F3N4O8/c1-4-35-19(31)11-36-20-15(6-5-7-26-20)37-16-9-13(12(23)8-14(16)29(33)34)28-18(30)10-17(22(2,24)25)27(3)21(28)32/h5-10H,4,11H2,1-3H3. The average molecular weight is 524 g/mol. The second-order valence-electron chi connectivity index (χ2n) is 7.46. The summed E-state index contributed by atoms with van der Waals surface area (Å²) < 4.78 is 58.7. The van der Waals surface area contributed by atoms with Gasteiger partial charge >= 0.3 is 17.3 Å². The molecule has 0 unspecified atom stereocenters. The fourth-order valence-corrected chi connectivity index (χ4v) is 3.21. The molecule has 0 amide bonds. The molecule has 3 aromatic rings. The van der Waals surface area contributed by atoms with Crippen molar-refractivity contribution >= 4 is 11.7 Å². The largest absolute Gasteiger partial charge is 0.463 e. The van der Waals surface area contributed by atoms with Gasteiger partial charge in [-0.1, -0.05) is 0 Å². The zero-order chi connectivity index (χ0) is 27.5. The van der Waals surface area contributed by atoms with Crippen molar-refractivity contribution in [2.45, 2.75) is 19.8 Å². The molecule has 0 atom stereocenters. The van der Waals surface area contributed by atoms with Gasteiger partial charge in [-0.15, -0.1) is 0 Å². The van der Waals surface area contributed by atoms with Gasteiger partial charge in [0.25, 0.3) is 17.4 Å². The van der Waals surface area contributed by atoms with E-state index in [1.54, 1.807) is 6.92 Å². The first kappa shape index (κ1) is 26.9. The topological polar surface area (TPSA) is 145 Å².